The Morgan fingerprint density at radius 1 is 0.544 bits per heavy atom. The standard InChI is InChI=1S/C55H50N8O5/c64-52(46-17-9-14-43(33-46)38-21-25-41(26-22-38)50-36-63(59-57-50)55(68)61-30-7-5-20-51(61)42-12-2-1-3-13-42)45-16-8-11-37(31-45)32-48-19-4-6-29-60(48)54(67)62-35-49(56-58-62)40-27-23-39(24-28-40)44-15-10-18-47(34-44)53(65)66/h1-3,8-18,21-28,31,33-36,48,51-52,64H,4-7,19-20,29-30,32H2,(H,65,66). The number of benzene rings is 6. The molecule has 0 aliphatic carbocycles. The Kier molecular flexibility index (Phi) is 12.5. The third kappa shape index (κ3) is 9.33. The molecule has 13 heteroatoms. The zero-order valence-electron chi connectivity index (χ0n) is 37.4. The third-order valence-corrected chi connectivity index (χ3v) is 13.3. The predicted octanol–water partition coefficient (Wildman–Crippen LogP) is 10.6. The molecule has 0 saturated carbocycles. The van der Waals surface area contributed by atoms with Crippen LogP contribution < -0.4 is 0 Å². The average molecular weight is 903 g/mol. The van der Waals surface area contributed by atoms with Crippen LogP contribution in [0.15, 0.2) is 164 Å². The monoisotopic (exact) mass is 902 g/mol. The van der Waals surface area contributed by atoms with Crippen LogP contribution in [-0.2, 0) is 6.42 Å². The van der Waals surface area contributed by atoms with Gasteiger partial charge in [0, 0.05) is 30.3 Å². The Labute approximate surface area is 393 Å². The Bertz CT molecular complexity index is 3080. The number of aromatic carboxylic acids is 1. The molecule has 0 radical (unpaired) electrons. The highest BCUT2D eigenvalue weighted by molar-refractivity contribution is 5.89. The minimum absolute atomic E-state index is 0.00903. The number of piperidine rings is 2. The average Bonchev–Trinajstić information content (AvgIpc) is 4.11. The molecule has 6 aromatic carbocycles. The second-order valence-electron chi connectivity index (χ2n) is 17.6. The van der Waals surface area contributed by atoms with Crippen LogP contribution in [-0.4, -0.2) is 87.2 Å². The summed E-state index contributed by atoms with van der Waals surface area (Å²) >= 11 is 0. The summed E-state index contributed by atoms with van der Waals surface area (Å²) in [7, 11) is 0. The van der Waals surface area contributed by atoms with E-state index < -0.39 is 12.1 Å². The smallest absolute Gasteiger partial charge is 0.346 e. The molecular weight excluding hydrogens is 853 g/mol. The van der Waals surface area contributed by atoms with Gasteiger partial charge in [-0.3, -0.25) is 0 Å². The minimum atomic E-state index is -0.979. The summed E-state index contributed by atoms with van der Waals surface area (Å²) in [5.74, 6) is -0.979. The number of carbonyl (C=O) groups is 3. The molecule has 13 nitrogen and oxygen atoms in total. The van der Waals surface area contributed by atoms with E-state index in [0.717, 1.165) is 94.2 Å². The van der Waals surface area contributed by atoms with Gasteiger partial charge in [0.2, 0.25) is 0 Å². The van der Waals surface area contributed by atoms with Crippen molar-refractivity contribution in [2.24, 2.45) is 0 Å². The quantitative estimate of drug-likeness (QED) is 0.136. The van der Waals surface area contributed by atoms with Crippen LogP contribution in [0.5, 0.6) is 0 Å². The molecule has 2 fully saturated rings. The summed E-state index contributed by atoms with van der Waals surface area (Å²) in [5, 5.41) is 38.3. The number of nitrogens with zero attached hydrogens (tertiary/aromatic N) is 8. The van der Waals surface area contributed by atoms with Crippen LogP contribution in [0.25, 0.3) is 44.8 Å². The SMILES string of the molecule is O=C(O)c1cccc(-c2ccc(-c3cn(C(=O)N4CCCCC4Cc4cccc(C(O)c5cccc(-c6ccc(-c7cn(C(=O)N8CCCCC8c8ccccc8)nn7)cc6)c5)c4)nn3)cc2)c1. The van der Waals surface area contributed by atoms with E-state index >= 15 is 0 Å². The maximum absolute atomic E-state index is 14.0. The van der Waals surface area contributed by atoms with E-state index in [2.05, 4.69) is 32.8 Å². The Morgan fingerprint density at radius 3 is 1.74 bits per heavy atom. The second-order valence-corrected chi connectivity index (χ2v) is 17.6. The van der Waals surface area contributed by atoms with E-state index in [-0.39, 0.29) is 29.7 Å². The number of rotatable bonds is 10. The van der Waals surface area contributed by atoms with Crippen molar-refractivity contribution in [3.05, 3.63) is 192 Å². The highest BCUT2D eigenvalue weighted by Gasteiger charge is 2.31. The number of aliphatic hydroxyl groups is 1. The number of amides is 2. The molecule has 68 heavy (non-hydrogen) atoms. The largest absolute Gasteiger partial charge is 0.478 e. The summed E-state index contributed by atoms with van der Waals surface area (Å²) in [4.78, 5) is 42.9. The first kappa shape index (κ1) is 43.8. The lowest BCUT2D eigenvalue weighted by Gasteiger charge is -2.35. The second kappa shape index (κ2) is 19.4. The maximum Gasteiger partial charge on any atom is 0.346 e. The Balaban J connectivity index is 0.786. The number of aromatic nitrogens is 6. The van der Waals surface area contributed by atoms with Gasteiger partial charge in [0.1, 0.15) is 17.5 Å². The van der Waals surface area contributed by atoms with Crippen molar-refractivity contribution in [2.45, 2.75) is 63.1 Å². The van der Waals surface area contributed by atoms with Gasteiger partial charge in [-0.05, 0) is 108 Å². The number of hydrogen-bond acceptors (Lipinski definition) is 8. The van der Waals surface area contributed by atoms with Crippen LogP contribution in [0.1, 0.15) is 83.3 Å². The minimum Gasteiger partial charge on any atom is -0.478 e. The first-order chi connectivity index (χ1) is 33.3. The van der Waals surface area contributed by atoms with Gasteiger partial charge in [0.25, 0.3) is 0 Å². The van der Waals surface area contributed by atoms with E-state index in [1.54, 1.807) is 30.6 Å². The molecule has 2 amide bonds. The normalized spacial score (nSPS) is 16.6. The van der Waals surface area contributed by atoms with E-state index in [1.165, 1.54) is 9.36 Å². The van der Waals surface area contributed by atoms with Crippen LogP contribution in [0.4, 0.5) is 9.59 Å². The van der Waals surface area contributed by atoms with Crippen molar-refractivity contribution >= 4 is 18.0 Å². The van der Waals surface area contributed by atoms with E-state index in [0.29, 0.717) is 30.9 Å². The molecule has 2 saturated heterocycles. The molecule has 10 rings (SSSR count). The molecule has 2 aliphatic heterocycles. The lowest BCUT2D eigenvalue weighted by molar-refractivity contribution is 0.0696. The molecule has 8 aromatic rings. The topological polar surface area (TPSA) is 160 Å². The fourth-order valence-corrected chi connectivity index (χ4v) is 9.63. The van der Waals surface area contributed by atoms with Crippen LogP contribution in [0.3, 0.4) is 0 Å². The fraction of sp³-hybridized carbons (Fsp3) is 0.218. The molecule has 2 aromatic heterocycles. The molecule has 0 bridgehead atoms. The summed E-state index contributed by atoms with van der Waals surface area (Å²) in [5.41, 5.74) is 10.3. The molecule has 2 N–H and O–H groups in total. The zero-order valence-corrected chi connectivity index (χ0v) is 37.4. The lowest BCUT2D eigenvalue weighted by Crippen LogP contribution is -2.47. The highest BCUT2D eigenvalue weighted by Crippen LogP contribution is 2.33. The van der Waals surface area contributed by atoms with Gasteiger partial charge in [-0.1, -0.05) is 144 Å². The molecular formula is C55H50N8O5. The van der Waals surface area contributed by atoms with Crippen molar-refractivity contribution in [1.82, 2.24) is 39.8 Å². The van der Waals surface area contributed by atoms with Gasteiger partial charge in [0.15, 0.2) is 0 Å². The van der Waals surface area contributed by atoms with Crippen LogP contribution >= 0.6 is 0 Å². The van der Waals surface area contributed by atoms with Gasteiger partial charge < -0.3 is 20.0 Å². The third-order valence-electron chi connectivity index (χ3n) is 13.3. The summed E-state index contributed by atoms with van der Waals surface area (Å²) < 4.78 is 2.66. The number of carboxylic acid groups (broad SMARTS) is 1. The number of carbonyl (C=O) groups excluding carboxylic acids is 2. The number of likely N-dealkylation sites (tertiary alicyclic amines) is 2. The number of aliphatic hydroxyl groups excluding tert-OH is 1. The number of carboxylic acids is 1. The van der Waals surface area contributed by atoms with Gasteiger partial charge in [-0.2, -0.15) is 9.36 Å². The molecule has 3 unspecified atom stereocenters. The lowest BCUT2D eigenvalue weighted by atomic mass is 9.92. The van der Waals surface area contributed by atoms with Crippen molar-refractivity contribution in [3.63, 3.8) is 0 Å². The van der Waals surface area contributed by atoms with E-state index in [1.807, 2.05) is 131 Å². The van der Waals surface area contributed by atoms with Crippen LogP contribution in [0, 0.1) is 0 Å². The molecule has 2 aliphatic rings. The van der Waals surface area contributed by atoms with E-state index in [9.17, 15) is 24.6 Å². The van der Waals surface area contributed by atoms with Gasteiger partial charge in [0.05, 0.1) is 24.0 Å². The van der Waals surface area contributed by atoms with Crippen LogP contribution in [0.2, 0.25) is 0 Å². The first-order valence-electron chi connectivity index (χ1n) is 23.2. The molecule has 340 valence electrons. The Morgan fingerprint density at radius 2 is 1.09 bits per heavy atom. The highest BCUT2D eigenvalue weighted by atomic mass is 16.4. The first-order valence-corrected chi connectivity index (χ1v) is 23.2. The van der Waals surface area contributed by atoms with Crippen molar-refractivity contribution in [1.29, 1.82) is 0 Å². The van der Waals surface area contributed by atoms with Crippen molar-refractivity contribution in [3.8, 4) is 44.8 Å². The van der Waals surface area contributed by atoms with Crippen molar-refractivity contribution < 1.29 is 24.6 Å². The zero-order chi connectivity index (χ0) is 46.6. The van der Waals surface area contributed by atoms with Crippen molar-refractivity contribution in [2.75, 3.05) is 13.1 Å². The number of hydrogen-bond donors (Lipinski definition) is 2. The molecule has 4 heterocycles. The van der Waals surface area contributed by atoms with E-state index in [4.69, 9.17) is 0 Å². The van der Waals surface area contributed by atoms with Gasteiger partial charge >= 0.3 is 18.0 Å². The maximum atomic E-state index is 14.0. The van der Waals surface area contributed by atoms with Gasteiger partial charge in [-0.15, -0.1) is 10.2 Å². The Hall–Kier alpha value is -8.03. The molecule has 3 atom stereocenters. The van der Waals surface area contributed by atoms with Gasteiger partial charge in [-0.25, -0.2) is 14.4 Å². The fourth-order valence-electron chi connectivity index (χ4n) is 9.63. The predicted molar refractivity (Wildman–Crippen MR) is 259 cm³/mol. The summed E-state index contributed by atoms with van der Waals surface area (Å²) in [6.07, 6.45) is 8.79. The summed E-state index contributed by atoms with van der Waals surface area (Å²) in [6, 6.07) is 47.9. The molecule has 0 spiro atoms. The summed E-state index contributed by atoms with van der Waals surface area (Å²) in [6.45, 7) is 1.28.